The van der Waals surface area contributed by atoms with Crippen LogP contribution in [0.15, 0.2) is 34.5 Å². The van der Waals surface area contributed by atoms with E-state index in [0.29, 0.717) is 28.8 Å². The summed E-state index contributed by atoms with van der Waals surface area (Å²) in [6.07, 6.45) is 1.97. The molecule has 1 aromatic heterocycles. The molecule has 0 unspecified atom stereocenters. The van der Waals surface area contributed by atoms with Crippen LogP contribution in [0.4, 0.5) is 0 Å². The minimum Gasteiger partial charge on any atom is -0.497 e. The van der Waals surface area contributed by atoms with Gasteiger partial charge in [-0.3, -0.25) is 4.79 Å². The average Bonchev–Trinajstić information content (AvgIpc) is 3.39. The largest absolute Gasteiger partial charge is 0.497 e. The van der Waals surface area contributed by atoms with Crippen LogP contribution < -0.4 is 14.8 Å². The molecule has 1 aromatic carbocycles. The van der Waals surface area contributed by atoms with Crippen molar-refractivity contribution >= 4 is 27.3 Å². The Morgan fingerprint density at radius 2 is 1.89 bits per heavy atom. The molecule has 2 heterocycles. The highest BCUT2D eigenvalue weighted by atomic mass is 32.2. The lowest BCUT2D eigenvalue weighted by atomic mass is 10.1. The Morgan fingerprint density at radius 3 is 2.57 bits per heavy atom. The first-order valence-electron chi connectivity index (χ1n) is 9.00. The smallest absolute Gasteiger partial charge is 0.252 e. The maximum atomic E-state index is 12.6. The van der Waals surface area contributed by atoms with Crippen molar-refractivity contribution in [2.75, 3.05) is 27.3 Å². The summed E-state index contributed by atoms with van der Waals surface area (Å²) in [6.45, 7) is 1.45. The van der Waals surface area contributed by atoms with Gasteiger partial charge in [-0.1, -0.05) is 6.07 Å². The van der Waals surface area contributed by atoms with Gasteiger partial charge in [0.1, 0.15) is 15.7 Å². The molecule has 1 aliphatic heterocycles. The number of hydrogen-bond donors (Lipinski definition) is 1. The summed E-state index contributed by atoms with van der Waals surface area (Å²) in [4.78, 5) is 13.1. The molecule has 0 aliphatic carbocycles. The molecule has 0 saturated carbocycles. The summed E-state index contributed by atoms with van der Waals surface area (Å²) < 4.78 is 37.5. The molecule has 9 heteroatoms. The molecule has 1 saturated heterocycles. The Morgan fingerprint density at radius 1 is 1.14 bits per heavy atom. The number of carbonyl (C=O) groups is 1. The Labute approximate surface area is 169 Å². The second kappa shape index (κ2) is 8.93. The SMILES string of the molecule is COc1ccc(CC(=O)NCc2ccc(S(=O)(=O)N3CCCC3)s2)c(OC)c1. The number of benzene rings is 1. The van der Waals surface area contributed by atoms with E-state index in [2.05, 4.69) is 5.32 Å². The van der Waals surface area contributed by atoms with E-state index in [1.54, 1.807) is 44.6 Å². The van der Waals surface area contributed by atoms with Crippen LogP contribution in [0.2, 0.25) is 0 Å². The number of carbonyl (C=O) groups excluding carboxylic acids is 1. The van der Waals surface area contributed by atoms with Crippen LogP contribution in [0.3, 0.4) is 0 Å². The molecule has 1 aliphatic rings. The van der Waals surface area contributed by atoms with Crippen molar-refractivity contribution in [3.63, 3.8) is 0 Å². The molecule has 2 aromatic rings. The van der Waals surface area contributed by atoms with Crippen molar-refractivity contribution in [3.05, 3.63) is 40.8 Å². The summed E-state index contributed by atoms with van der Waals surface area (Å²) in [5, 5.41) is 2.84. The van der Waals surface area contributed by atoms with E-state index in [9.17, 15) is 13.2 Å². The topological polar surface area (TPSA) is 84.9 Å². The molecular weight excluding hydrogens is 400 g/mol. The number of hydrogen-bond acceptors (Lipinski definition) is 6. The summed E-state index contributed by atoms with van der Waals surface area (Å²) >= 11 is 1.20. The van der Waals surface area contributed by atoms with Gasteiger partial charge in [-0.05, 0) is 31.0 Å². The van der Waals surface area contributed by atoms with Crippen LogP contribution in [0.1, 0.15) is 23.3 Å². The van der Waals surface area contributed by atoms with E-state index in [4.69, 9.17) is 9.47 Å². The lowest BCUT2D eigenvalue weighted by molar-refractivity contribution is -0.120. The zero-order chi connectivity index (χ0) is 20.1. The quantitative estimate of drug-likeness (QED) is 0.703. The molecule has 28 heavy (non-hydrogen) atoms. The highest BCUT2D eigenvalue weighted by Gasteiger charge is 2.28. The predicted octanol–water partition coefficient (Wildman–Crippen LogP) is 2.41. The monoisotopic (exact) mass is 424 g/mol. The number of amides is 1. The summed E-state index contributed by atoms with van der Waals surface area (Å²) in [5.74, 6) is 1.08. The van der Waals surface area contributed by atoms with Gasteiger partial charge >= 0.3 is 0 Å². The average molecular weight is 425 g/mol. The third-order valence-electron chi connectivity index (χ3n) is 4.60. The molecule has 1 fully saturated rings. The summed E-state index contributed by atoms with van der Waals surface area (Å²) in [5.41, 5.74) is 0.754. The molecule has 1 amide bonds. The molecule has 0 spiro atoms. The Hall–Kier alpha value is -2.10. The Bertz CT molecular complexity index is 934. The van der Waals surface area contributed by atoms with Gasteiger partial charge in [0.05, 0.1) is 27.2 Å². The number of methoxy groups -OCH3 is 2. The Kier molecular flexibility index (Phi) is 6.58. The van der Waals surface area contributed by atoms with Crippen LogP contribution in [-0.4, -0.2) is 45.9 Å². The third kappa shape index (κ3) is 4.65. The third-order valence-corrected chi connectivity index (χ3v) is 8.05. The number of ether oxygens (including phenoxy) is 2. The van der Waals surface area contributed by atoms with Crippen molar-refractivity contribution in [2.45, 2.75) is 30.0 Å². The highest BCUT2D eigenvalue weighted by molar-refractivity contribution is 7.91. The van der Waals surface area contributed by atoms with Crippen LogP contribution in [0.25, 0.3) is 0 Å². The molecular formula is C19H24N2O5S2. The van der Waals surface area contributed by atoms with Crippen LogP contribution in [0, 0.1) is 0 Å². The highest BCUT2D eigenvalue weighted by Crippen LogP contribution is 2.28. The van der Waals surface area contributed by atoms with Gasteiger partial charge in [0, 0.05) is 29.6 Å². The van der Waals surface area contributed by atoms with Gasteiger partial charge in [0.25, 0.3) is 10.0 Å². The first-order valence-corrected chi connectivity index (χ1v) is 11.3. The fourth-order valence-electron chi connectivity index (χ4n) is 3.07. The van der Waals surface area contributed by atoms with E-state index in [-0.39, 0.29) is 18.9 Å². The molecule has 3 rings (SSSR count). The number of sulfonamides is 1. The van der Waals surface area contributed by atoms with E-state index in [0.717, 1.165) is 23.3 Å². The lowest BCUT2D eigenvalue weighted by Gasteiger charge is -2.13. The van der Waals surface area contributed by atoms with E-state index >= 15 is 0 Å². The molecule has 0 bridgehead atoms. The number of thiophene rings is 1. The predicted molar refractivity (Wildman–Crippen MR) is 107 cm³/mol. The van der Waals surface area contributed by atoms with E-state index < -0.39 is 10.0 Å². The number of nitrogens with one attached hydrogen (secondary N) is 1. The number of rotatable bonds is 8. The summed E-state index contributed by atoms with van der Waals surface area (Å²) in [7, 11) is -0.294. The normalized spacial score (nSPS) is 14.8. The first kappa shape index (κ1) is 20.6. The second-order valence-electron chi connectivity index (χ2n) is 6.46. The maximum Gasteiger partial charge on any atom is 0.252 e. The van der Waals surface area contributed by atoms with Crippen molar-refractivity contribution in [1.29, 1.82) is 0 Å². The zero-order valence-electron chi connectivity index (χ0n) is 15.9. The van der Waals surface area contributed by atoms with Crippen molar-refractivity contribution in [2.24, 2.45) is 0 Å². The minimum absolute atomic E-state index is 0.164. The first-order chi connectivity index (χ1) is 13.4. The van der Waals surface area contributed by atoms with Gasteiger partial charge in [0.15, 0.2) is 0 Å². The van der Waals surface area contributed by atoms with Crippen LogP contribution >= 0.6 is 11.3 Å². The van der Waals surface area contributed by atoms with Crippen molar-refractivity contribution < 1.29 is 22.7 Å². The summed E-state index contributed by atoms with van der Waals surface area (Å²) in [6, 6.07) is 8.68. The lowest BCUT2D eigenvalue weighted by Crippen LogP contribution is -2.27. The molecule has 0 radical (unpaired) electrons. The zero-order valence-corrected chi connectivity index (χ0v) is 17.6. The molecule has 152 valence electrons. The second-order valence-corrected chi connectivity index (χ2v) is 9.80. The van der Waals surface area contributed by atoms with Crippen LogP contribution in [0.5, 0.6) is 11.5 Å². The molecule has 1 N–H and O–H groups in total. The van der Waals surface area contributed by atoms with Crippen molar-refractivity contribution in [1.82, 2.24) is 9.62 Å². The van der Waals surface area contributed by atoms with Gasteiger partial charge in [-0.15, -0.1) is 11.3 Å². The van der Waals surface area contributed by atoms with E-state index in [1.807, 2.05) is 0 Å². The number of nitrogens with zero attached hydrogens (tertiary/aromatic N) is 1. The molecule has 0 atom stereocenters. The maximum absolute atomic E-state index is 12.6. The van der Waals surface area contributed by atoms with Crippen molar-refractivity contribution in [3.8, 4) is 11.5 Å². The van der Waals surface area contributed by atoms with Gasteiger partial charge in [0.2, 0.25) is 5.91 Å². The standard InChI is InChI=1S/C19H24N2O5S2/c1-25-15-6-5-14(17(12-15)26-2)11-18(22)20-13-16-7-8-19(27-16)28(23,24)21-9-3-4-10-21/h5-8,12H,3-4,9-11,13H2,1-2H3,(H,20,22). The van der Waals surface area contributed by atoms with Crippen LogP contribution in [-0.2, 0) is 27.8 Å². The van der Waals surface area contributed by atoms with E-state index in [1.165, 1.54) is 15.6 Å². The fourth-order valence-corrected chi connectivity index (χ4v) is 6.03. The minimum atomic E-state index is -3.41. The van der Waals surface area contributed by atoms with Gasteiger partial charge in [-0.25, -0.2) is 8.42 Å². The fraction of sp³-hybridized carbons (Fsp3) is 0.421. The van der Waals surface area contributed by atoms with Gasteiger partial charge < -0.3 is 14.8 Å². The van der Waals surface area contributed by atoms with Gasteiger partial charge in [-0.2, -0.15) is 4.31 Å². The molecule has 7 nitrogen and oxygen atoms in total. The Balaban J connectivity index is 1.59.